The standard InChI is InChI=1S/C23H18Cl2F2N6O/c1-11-12(2)23(31-33-19(34)8-17(21(26)27)29-22(11)33)32-6-5-16-14(10-32)7-13(9-28-16)15-3-4-18(24)30-20(15)25/h3-4,7-9,21H,5-6,10H2,1-2H3. The van der Waals surface area contributed by atoms with E-state index in [0.717, 1.165) is 38.5 Å². The van der Waals surface area contributed by atoms with Gasteiger partial charge in [-0.25, -0.2) is 18.7 Å². The van der Waals surface area contributed by atoms with Crippen molar-refractivity contribution in [1.29, 1.82) is 0 Å². The van der Waals surface area contributed by atoms with Gasteiger partial charge in [-0.2, -0.15) is 4.52 Å². The normalized spacial score (nSPS) is 13.6. The van der Waals surface area contributed by atoms with Crippen molar-refractivity contribution in [1.82, 2.24) is 24.6 Å². The van der Waals surface area contributed by atoms with Gasteiger partial charge in [0.15, 0.2) is 11.5 Å². The van der Waals surface area contributed by atoms with Gasteiger partial charge in [0.05, 0.1) is 0 Å². The van der Waals surface area contributed by atoms with Gasteiger partial charge in [-0.3, -0.25) is 9.78 Å². The molecule has 0 saturated carbocycles. The van der Waals surface area contributed by atoms with Crippen LogP contribution in [0, 0.1) is 13.8 Å². The smallest absolute Gasteiger partial charge is 0.280 e. The molecule has 0 spiro atoms. The number of halogens is 4. The highest BCUT2D eigenvalue weighted by atomic mass is 35.5. The first-order valence-corrected chi connectivity index (χ1v) is 11.2. The Labute approximate surface area is 203 Å². The average molecular weight is 503 g/mol. The summed E-state index contributed by atoms with van der Waals surface area (Å²) in [4.78, 5) is 27.3. The van der Waals surface area contributed by atoms with E-state index in [9.17, 15) is 13.6 Å². The van der Waals surface area contributed by atoms with E-state index in [1.165, 1.54) is 0 Å². The zero-order chi connectivity index (χ0) is 24.1. The fourth-order valence-corrected chi connectivity index (χ4v) is 4.59. The maximum atomic E-state index is 13.2. The van der Waals surface area contributed by atoms with Crippen molar-refractivity contribution in [3.8, 4) is 11.1 Å². The van der Waals surface area contributed by atoms with E-state index in [4.69, 9.17) is 23.2 Å². The molecule has 5 rings (SSSR count). The second-order valence-electron chi connectivity index (χ2n) is 8.10. The van der Waals surface area contributed by atoms with Crippen molar-refractivity contribution in [3.05, 3.63) is 79.2 Å². The van der Waals surface area contributed by atoms with Crippen LogP contribution in [0.15, 0.2) is 35.3 Å². The lowest BCUT2D eigenvalue weighted by atomic mass is 10.0. The summed E-state index contributed by atoms with van der Waals surface area (Å²) in [5, 5.41) is 5.09. The molecule has 4 aromatic heterocycles. The Balaban J connectivity index is 1.55. The molecular weight excluding hydrogens is 485 g/mol. The summed E-state index contributed by atoms with van der Waals surface area (Å²) in [6.07, 6.45) is -0.389. The zero-order valence-electron chi connectivity index (χ0n) is 18.2. The van der Waals surface area contributed by atoms with E-state index in [2.05, 4.69) is 20.1 Å². The molecule has 34 heavy (non-hydrogen) atoms. The SMILES string of the molecule is Cc1c(N2CCc3ncc(-c4ccc(Cl)nc4Cl)cc3C2)nn2c(=O)cc(C(F)F)nc2c1C. The number of aryl methyl sites for hydroxylation is 1. The predicted molar refractivity (Wildman–Crippen MR) is 126 cm³/mol. The Morgan fingerprint density at radius 1 is 1.09 bits per heavy atom. The molecule has 0 N–H and O–H groups in total. The Bertz CT molecular complexity index is 1510. The van der Waals surface area contributed by atoms with E-state index in [1.54, 1.807) is 25.3 Å². The highest BCUT2D eigenvalue weighted by Crippen LogP contribution is 2.32. The number of fused-ring (bicyclic) bond motifs is 2. The van der Waals surface area contributed by atoms with Gasteiger partial charge in [-0.1, -0.05) is 23.2 Å². The summed E-state index contributed by atoms with van der Waals surface area (Å²) in [5.74, 6) is 0.598. The van der Waals surface area contributed by atoms with Gasteiger partial charge in [0, 0.05) is 59.7 Å². The molecule has 0 amide bonds. The third-order valence-electron chi connectivity index (χ3n) is 6.03. The Morgan fingerprint density at radius 2 is 1.88 bits per heavy atom. The zero-order valence-corrected chi connectivity index (χ0v) is 19.7. The second-order valence-corrected chi connectivity index (χ2v) is 8.85. The number of hydrogen-bond donors (Lipinski definition) is 0. The first-order valence-electron chi connectivity index (χ1n) is 10.5. The molecule has 11 heteroatoms. The van der Waals surface area contributed by atoms with Gasteiger partial charge in [-0.15, -0.1) is 5.10 Å². The molecular formula is C23H18Cl2F2N6O. The molecule has 0 aliphatic carbocycles. The topological polar surface area (TPSA) is 76.3 Å². The monoisotopic (exact) mass is 502 g/mol. The Morgan fingerprint density at radius 3 is 2.62 bits per heavy atom. The number of rotatable bonds is 3. The number of anilines is 1. The maximum absolute atomic E-state index is 13.2. The summed E-state index contributed by atoms with van der Waals surface area (Å²) in [6.45, 7) is 4.75. The van der Waals surface area contributed by atoms with E-state index in [1.807, 2.05) is 17.9 Å². The number of alkyl halides is 2. The lowest BCUT2D eigenvalue weighted by molar-refractivity contribution is 0.146. The fraction of sp³-hybridized carbons (Fsp3) is 0.261. The fourth-order valence-electron chi connectivity index (χ4n) is 4.13. The highest BCUT2D eigenvalue weighted by molar-refractivity contribution is 6.34. The maximum Gasteiger partial charge on any atom is 0.280 e. The minimum absolute atomic E-state index is 0.135. The van der Waals surface area contributed by atoms with Crippen molar-refractivity contribution in [2.45, 2.75) is 33.2 Å². The molecule has 0 saturated heterocycles. The molecule has 0 radical (unpaired) electrons. The quantitative estimate of drug-likeness (QED) is 0.368. The molecule has 1 aliphatic heterocycles. The van der Waals surface area contributed by atoms with Gasteiger partial charge in [0.25, 0.3) is 12.0 Å². The van der Waals surface area contributed by atoms with E-state index >= 15 is 0 Å². The van der Waals surface area contributed by atoms with E-state index < -0.39 is 17.7 Å². The summed E-state index contributed by atoms with van der Waals surface area (Å²) in [6, 6.07) is 6.31. The second kappa shape index (κ2) is 8.56. The summed E-state index contributed by atoms with van der Waals surface area (Å²) < 4.78 is 27.4. The first-order chi connectivity index (χ1) is 16.2. The summed E-state index contributed by atoms with van der Waals surface area (Å²) in [7, 11) is 0. The third-order valence-corrected chi connectivity index (χ3v) is 6.53. The van der Waals surface area contributed by atoms with Crippen LogP contribution in [-0.2, 0) is 13.0 Å². The van der Waals surface area contributed by atoms with Crippen LogP contribution in [0.3, 0.4) is 0 Å². The number of pyridine rings is 2. The molecule has 7 nitrogen and oxygen atoms in total. The van der Waals surface area contributed by atoms with Crippen molar-refractivity contribution >= 4 is 34.7 Å². The van der Waals surface area contributed by atoms with Crippen LogP contribution in [0.25, 0.3) is 16.8 Å². The van der Waals surface area contributed by atoms with Crippen LogP contribution >= 0.6 is 23.2 Å². The van der Waals surface area contributed by atoms with E-state index in [0.29, 0.717) is 41.2 Å². The first kappa shape index (κ1) is 22.6. The molecule has 0 aromatic carbocycles. The van der Waals surface area contributed by atoms with Gasteiger partial charge >= 0.3 is 0 Å². The van der Waals surface area contributed by atoms with Crippen molar-refractivity contribution in [2.75, 3.05) is 11.4 Å². The molecule has 0 unspecified atom stereocenters. The van der Waals surface area contributed by atoms with Crippen LogP contribution in [0.5, 0.6) is 0 Å². The predicted octanol–water partition coefficient (Wildman–Crippen LogP) is 4.97. The average Bonchev–Trinajstić information content (AvgIpc) is 2.80. The van der Waals surface area contributed by atoms with E-state index in [-0.39, 0.29) is 5.65 Å². The van der Waals surface area contributed by atoms with Crippen LogP contribution in [-0.4, -0.2) is 31.1 Å². The number of nitrogens with zero attached hydrogens (tertiary/aromatic N) is 6. The molecule has 0 atom stereocenters. The van der Waals surface area contributed by atoms with Gasteiger partial charge in [0.1, 0.15) is 16.0 Å². The van der Waals surface area contributed by atoms with Gasteiger partial charge < -0.3 is 4.90 Å². The van der Waals surface area contributed by atoms with Crippen LogP contribution < -0.4 is 10.5 Å². The Kier molecular flexibility index (Phi) is 5.69. The molecule has 0 fully saturated rings. The van der Waals surface area contributed by atoms with Crippen LogP contribution in [0.1, 0.15) is 34.5 Å². The summed E-state index contributed by atoms with van der Waals surface area (Å²) >= 11 is 12.2. The minimum atomic E-state index is -2.83. The highest BCUT2D eigenvalue weighted by Gasteiger charge is 2.24. The van der Waals surface area contributed by atoms with Crippen molar-refractivity contribution in [2.24, 2.45) is 0 Å². The largest absolute Gasteiger partial charge is 0.350 e. The summed E-state index contributed by atoms with van der Waals surface area (Å²) in [5.41, 5.74) is 3.84. The number of aromatic nitrogens is 5. The molecule has 174 valence electrons. The third kappa shape index (κ3) is 3.88. The molecule has 4 aromatic rings. The van der Waals surface area contributed by atoms with Crippen molar-refractivity contribution in [3.63, 3.8) is 0 Å². The van der Waals surface area contributed by atoms with Crippen molar-refractivity contribution < 1.29 is 8.78 Å². The molecule has 0 bridgehead atoms. The van der Waals surface area contributed by atoms with Gasteiger partial charge in [0.2, 0.25) is 0 Å². The molecule has 5 heterocycles. The lowest BCUT2D eigenvalue weighted by Gasteiger charge is -2.31. The molecule has 1 aliphatic rings. The van der Waals surface area contributed by atoms with Crippen LogP contribution in [0.2, 0.25) is 10.3 Å². The van der Waals surface area contributed by atoms with Crippen LogP contribution in [0.4, 0.5) is 14.6 Å². The van der Waals surface area contributed by atoms with Gasteiger partial charge in [-0.05, 0) is 37.6 Å². The minimum Gasteiger partial charge on any atom is -0.350 e. The Hall–Kier alpha value is -3.17. The number of hydrogen-bond acceptors (Lipinski definition) is 6. The lowest BCUT2D eigenvalue weighted by Crippen LogP contribution is -2.34.